The summed E-state index contributed by atoms with van der Waals surface area (Å²) in [5.41, 5.74) is 0.635. The molecule has 0 aliphatic heterocycles. The maximum atomic E-state index is 13.1. The number of thioether (sulfide) groups is 1. The van der Waals surface area contributed by atoms with E-state index >= 15 is 0 Å². The minimum atomic E-state index is -0.567. The maximum absolute atomic E-state index is 13.1. The van der Waals surface area contributed by atoms with Crippen molar-refractivity contribution in [3.8, 4) is 0 Å². The van der Waals surface area contributed by atoms with Crippen molar-refractivity contribution in [2.75, 3.05) is 5.75 Å². The van der Waals surface area contributed by atoms with Crippen LogP contribution in [0.3, 0.4) is 0 Å². The van der Waals surface area contributed by atoms with Crippen LogP contribution < -0.4 is 0 Å². The van der Waals surface area contributed by atoms with Gasteiger partial charge in [-0.2, -0.15) is 0 Å². The molecule has 1 nitrogen and oxygen atoms in total. The molecular formula is C15H13BrClFOS. The van der Waals surface area contributed by atoms with Crippen LogP contribution in [0.1, 0.15) is 5.56 Å². The number of hydrogen-bond acceptors (Lipinski definition) is 2. The predicted molar refractivity (Wildman–Crippen MR) is 86.0 cm³/mol. The summed E-state index contributed by atoms with van der Waals surface area (Å²) in [6, 6.07) is 12.1. The van der Waals surface area contributed by atoms with Gasteiger partial charge >= 0.3 is 0 Å². The molecule has 1 N–H and O–H groups in total. The average Bonchev–Trinajstić information content (AvgIpc) is 2.42. The van der Waals surface area contributed by atoms with Crippen molar-refractivity contribution >= 4 is 39.3 Å². The van der Waals surface area contributed by atoms with Gasteiger partial charge in [-0.15, -0.1) is 11.8 Å². The highest BCUT2D eigenvalue weighted by Gasteiger charge is 2.10. The van der Waals surface area contributed by atoms with E-state index in [1.165, 1.54) is 18.2 Å². The summed E-state index contributed by atoms with van der Waals surface area (Å²) in [6.45, 7) is 0. The van der Waals surface area contributed by atoms with Crippen LogP contribution in [0.15, 0.2) is 51.8 Å². The molecule has 0 saturated carbocycles. The maximum Gasteiger partial charge on any atom is 0.123 e. The van der Waals surface area contributed by atoms with Crippen LogP contribution in [0, 0.1) is 5.82 Å². The highest BCUT2D eigenvalue weighted by molar-refractivity contribution is 9.10. The van der Waals surface area contributed by atoms with E-state index < -0.39 is 6.10 Å². The van der Waals surface area contributed by atoms with E-state index in [1.54, 1.807) is 11.8 Å². The molecule has 2 rings (SSSR count). The monoisotopic (exact) mass is 374 g/mol. The van der Waals surface area contributed by atoms with E-state index in [9.17, 15) is 9.50 Å². The Morgan fingerprint density at radius 3 is 2.60 bits per heavy atom. The average molecular weight is 376 g/mol. The highest BCUT2D eigenvalue weighted by atomic mass is 79.9. The SMILES string of the molecule is OC(CSc1ccc(Br)cc1)Cc1cc(F)ccc1Cl. The van der Waals surface area contributed by atoms with Crippen LogP contribution in [0.4, 0.5) is 4.39 Å². The van der Waals surface area contributed by atoms with Crippen LogP contribution in [0.5, 0.6) is 0 Å². The van der Waals surface area contributed by atoms with Gasteiger partial charge in [0.05, 0.1) is 6.10 Å². The van der Waals surface area contributed by atoms with Gasteiger partial charge in [-0.3, -0.25) is 0 Å². The molecule has 2 aromatic carbocycles. The standard InChI is InChI=1S/C15H13BrClFOS/c16-11-1-4-14(5-2-11)20-9-13(19)8-10-7-12(18)3-6-15(10)17/h1-7,13,19H,8-9H2. The van der Waals surface area contributed by atoms with Gasteiger partial charge in [0.15, 0.2) is 0 Å². The molecule has 2 aromatic rings. The first-order valence-electron chi connectivity index (χ1n) is 6.05. The molecule has 0 aliphatic rings. The van der Waals surface area contributed by atoms with Crippen molar-refractivity contribution in [2.24, 2.45) is 0 Å². The van der Waals surface area contributed by atoms with E-state index in [-0.39, 0.29) is 5.82 Å². The minimum Gasteiger partial charge on any atom is -0.392 e. The second kappa shape index (κ2) is 7.46. The van der Waals surface area contributed by atoms with Crippen LogP contribution in [0.25, 0.3) is 0 Å². The zero-order chi connectivity index (χ0) is 14.5. The fourth-order valence-corrected chi connectivity index (χ4v) is 3.03. The molecule has 0 aliphatic carbocycles. The number of aliphatic hydroxyl groups excluding tert-OH is 1. The fourth-order valence-electron chi connectivity index (χ4n) is 1.74. The number of rotatable bonds is 5. The number of hydrogen-bond donors (Lipinski definition) is 1. The lowest BCUT2D eigenvalue weighted by Gasteiger charge is -2.11. The molecule has 1 atom stereocenters. The molecule has 0 saturated heterocycles. The smallest absolute Gasteiger partial charge is 0.123 e. The molecular weight excluding hydrogens is 363 g/mol. The minimum absolute atomic E-state index is 0.336. The van der Waals surface area contributed by atoms with Crippen molar-refractivity contribution in [1.29, 1.82) is 0 Å². The molecule has 1 unspecified atom stereocenters. The first kappa shape index (κ1) is 15.8. The third-order valence-electron chi connectivity index (χ3n) is 2.72. The van der Waals surface area contributed by atoms with Crippen LogP contribution in [-0.4, -0.2) is 17.0 Å². The molecule has 106 valence electrons. The lowest BCUT2D eigenvalue weighted by atomic mass is 10.1. The van der Waals surface area contributed by atoms with Crippen molar-refractivity contribution in [2.45, 2.75) is 17.4 Å². The lowest BCUT2D eigenvalue weighted by molar-refractivity contribution is 0.200. The Morgan fingerprint density at radius 1 is 1.20 bits per heavy atom. The van der Waals surface area contributed by atoms with Gasteiger partial charge in [-0.1, -0.05) is 27.5 Å². The summed E-state index contributed by atoms with van der Waals surface area (Å²) in [4.78, 5) is 1.08. The van der Waals surface area contributed by atoms with E-state index in [1.807, 2.05) is 24.3 Å². The Kier molecular flexibility index (Phi) is 5.90. The molecule has 0 spiro atoms. The van der Waals surface area contributed by atoms with Gasteiger partial charge in [-0.05, 0) is 48.0 Å². The van der Waals surface area contributed by atoms with Gasteiger partial charge < -0.3 is 5.11 Å². The van der Waals surface area contributed by atoms with Gasteiger partial charge in [0.25, 0.3) is 0 Å². The summed E-state index contributed by atoms with van der Waals surface area (Å²) >= 11 is 10.9. The van der Waals surface area contributed by atoms with Gasteiger partial charge in [0.1, 0.15) is 5.82 Å². The highest BCUT2D eigenvalue weighted by Crippen LogP contribution is 2.24. The van der Waals surface area contributed by atoms with E-state index in [2.05, 4.69) is 15.9 Å². The number of halogens is 3. The number of benzene rings is 2. The third-order valence-corrected chi connectivity index (χ3v) is 4.77. The second-order valence-electron chi connectivity index (χ2n) is 4.36. The van der Waals surface area contributed by atoms with Crippen LogP contribution in [0.2, 0.25) is 5.02 Å². The molecule has 0 fully saturated rings. The molecule has 20 heavy (non-hydrogen) atoms. The molecule has 0 aromatic heterocycles. The first-order valence-corrected chi connectivity index (χ1v) is 8.20. The largest absolute Gasteiger partial charge is 0.392 e. The Hall–Kier alpha value is -0.550. The van der Waals surface area contributed by atoms with Crippen LogP contribution in [-0.2, 0) is 6.42 Å². The van der Waals surface area contributed by atoms with Crippen molar-refractivity contribution in [3.05, 3.63) is 63.3 Å². The quantitative estimate of drug-likeness (QED) is 0.747. The third kappa shape index (κ3) is 4.77. The summed E-state index contributed by atoms with van der Waals surface area (Å²) in [6.07, 6.45) is -0.219. The second-order valence-corrected chi connectivity index (χ2v) is 6.77. The Bertz CT molecular complexity index is 577. The Balaban J connectivity index is 1.90. The zero-order valence-corrected chi connectivity index (χ0v) is 13.7. The molecule has 0 heterocycles. The molecule has 0 radical (unpaired) electrons. The van der Waals surface area contributed by atoms with Crippen molar-refractivity contribution < 1.29 is 9.50 Å². The fraction of sp³-hybridized carbons (Fsp3) is 0.200. The van der Waals surface area contributed by atoms with E-state index in [0.29, 0.717) is 22.8 Å². The topological polar surface area (TPSA) is 20.2 Å². The summed E-state index contributed by atoms with van der Waals surface area (Å²) < 4.78 is 14.2. The van der Waals surface area contributed by atoms with Crippen molar-refractivity contribution in [1.82, 2.24) is 0 Å². The van der Waals surface area contributed by atoms with Gasteiger partial charge in [0.2, 0.25) is 0 Å². The van der Waals surface area contributed by atoms with Crippen molar-refractivity contribution in [3.63, 3.8) is 0 Å². The van der Waals surface area contributed by atoms with Crippen LogP contribution >= 0.6 is 39.3 Å². The van der Waals surface area contributed by atoms with Gasteiger partial charge in [0, 0.05) is 26.6 Å². The normalized spacial score (nSPS) is 12.4. The van der Waals surface area contributed by atoms with Gasteiger partial charge in [-0.25, -0.2) is 4.39 Å². The predicted octanol–water partition coefficient (Wildman–Crippen LogP) is 4.94. The lowest BCUT2D eigenvalue weighted by Crippen LogP contribution is -2.14. The molecule has 0 amide bonds. The first-order chi connectivity index (χ1) is 9.54. The zero-order valence-electron chi connectivity index (χ0n) is 10.5. The Morgan fingerprint density at radius 2 is 1.90 bits per heavy atom. The molecule has 5 heteroatoms. The summed E-state index contributed by atoms with van der Waals surface area (Å²) in [5.74, 6) is 0.200. The molecule has 0 bridgehead atoms. The van der Waals surface area contributed by atoms with E-state index in [4.69, 9.17) is 11.6 Å². The summed E-state index contributed by atoms with van der Waals surface area (Å²) in [7, 11) is 0. The summed E-state index contributed by atoms with van der Waals surface area (Å²) in [5, 5.41) is 10.5. The number of aliphatic hydroxyl groups is 1. The Labute approximate surface area is 135 Å². The van der Waals surface area contributed by atoms with E-state index in [0.717, 1.165) is 9.37 Å².